The van der Waals surface area contributed by atoms with Crippen LogP contribution in [0.25, 0.3) is 0 Å². The maximum Gasteiger partial charge on any atom is 0.380 e. The van der Waals surface area contributed by atoms with Crippen LogP contribution in [0.3, 0.4) is 0 Å². The molecule has 1 aromatic heterocycles. The first kappa shape index (κ1) is 9.82. The van der Waals surface area contributed by atoms with Crippen LogP contribution < -0.4 is 11.4 Å². The highest BCUT2D eigenvalue weighted by Gasteiger charge is 2.23. The van der Waals surface area contributed by atoms with Gasteiger partial charge in [-0.15, -0.1) is 0 Å². The number of allylic oxidation sites excluding steroid dienone is 2. The number of fused-ring (bicyclic) bond motifs is 1. The van der Waals surface area contributed by atoms with Crippen LogP contribution in [-0.2, 0) is 13.1 Å². The van der Waals surface area contributed by atoms with Gasteiger partial charge < -0.3 is 5.21 Å². The quantitative estimate of drug-likeness (QED) is 0.471. The summed E-state index contributed by atoms with van der Waals surface area (Å²) in [7, 11) is 0. The summed E-state index contributed by atoms with van der Waals surface area (Å²) in [6.07, 6.45) is 3.79. The van der Waals surface area contributed by atoms with E-state index >= 15 is 0 Å². The molecule has 6 heteroatoms. The smallest absolute Gasteiger partial charge is 0.380 e. The Hall–Kier alpha value is -1.72. The van der Waals surface area contributed by atoms with E-state index in [4.69, 9.17) is 0 Å². The summed E-state index contributed by atoms with van der Waals surface area (Å²) in [5, 5.41) is 9.19. The molecule has 0 saturated heterocycles. The highest BCUT2D eigenvalue weighted by molar-refractivity contribution is 4.97. The lowest BCUT2D eigenvalue weighted by atomic mass is 9.93. The number of nitrogens with zero attached hydrogens (tertiary/aromatic N) is 3. The minimum atomic E-state index is -0.692. The van der Waals surface area contributed by atoms with Gasteiger partial charge >= 0.3 is 11.4 Å². The summed E-state index contributed by atoms with van der Waals surface area (Å²) < 4.78 is 2.64. The molecule has 0 atom stereocenters. The van der Waals surface area contributed by atoms with Crippen molar-refractivity contribution in [1.29, 1.82) is 0 Å². The maximum atomic E-state index is 11.5. The molecule has 2 rings (SSSR count). The van der Waals surface area contributed by atoms with Gasteiger partial charge in [-0.3, -0.25) is 0 Å². The first-order valence-electron chi connectivity index (χ1n) is 4.72. The van der Waals surface area contributed by atoms with Crippen LogP contribution >= 0.6 is 0 Å². The van der Waals surface area contributed by atoms with Crippen LogP contribution in [-0.4, -0.2) is 19.3 Å². The molecule has 1 aliphatic heterocycles. The van der Waals surface area contributed by atoms with Gasteiger partial charge in [-0.1, -0.05) is 30.7 Å². The summed E-state index contributed by atoms with van der Waals surface area (Å²) in [5.74, 6) is 0. The van der Waals surface area contributed by atoms with Crippen LogP contribution in [0, 0.1) is 5.41 Å². The van der Waals surface area contributed by atoms with E-state index in [2.05, 4.69) is 0 Å². The Labute approximate surface area is 85.6 Å². The van der Waals surface area contributed by atoms with Crippen molar-refractivity contribution in [2.45, 2.75) is 26.9 Å². The molecule has 15 heavy (non-hydrogen) atoms. The monoisotopic (exact) mass is 211 g/mol. The SMILES string of the molecule is CC1(C)C=CCn2c(=O)n(O)c(=O)n2C1. The van der Waals surface area contributed by atoms with Gasteiger partial charge in [0.05, 0.1) is 13.1 Å². The molecule has 0 spiro atoms. The lowest BCUT2D eigenvalue weighted by Crippen LogP contribution is -2.30. The van der Waals surface area contributed by atoms with Crippen molar-refractivity contribution in [3.05, 3.63) is 33.1 Å². The van der Waals surface area contributed by atoms with Crippen LogP contribution in [0.1, 0.15) is 13.8 Å². The first-order valence-corrected chi connectivity index (χ1v) is 4.72. The molecule has 0 unspecified atom stereocenters. The van der Waals surface area contributed by atoms with E-state index in [-0.39, 0.29) is 10.1 Å². The number of rotatable bonds is 0. The molecular formula is C9H13N3O3. The summed E-state index contributed by atoms with van der Waals surface area (Å²) in [6.45, 7) is 4.62. The molecule has 0 saturated carbocycles. The van der Waals surface area contributed by atoms with Gasteiger partial charge in [-0.25, -0.2) is 19.0 Å². The highest BCUT2D eigenvalue weighted by atomic mass is 16.5. The lowest BCUT2D eigenvalue weighted by molar-refractivity contribution is 0.161. The summed E-state index contributed by atoms with van der Waals surface area (Å²) in [6, 6.07) is 0. The van der Waals surface area contributed by atoms with Crippen LogP contribution in [0.5, 0.6) is 0 Å². The lowest BCUT2D eigenvalue weighted by Gasteiger charge is -2.18. The highest BCUT2D eigenvalue weighted by Crippen LogP contribution is 2.20. The summed E-state index contributed by atoms with van der Waals surface area (Å²) in [4.78, 5) is 22.9. The van der Waals surface area contributed by atoms with Gasteiger partial charge in [-0.2, -0.15) is 0 Å². The zero-order valence-electron chi connectivity index (χ0n) is 8.67. The van der Waals surface area contributed by atoms with E-state index in [9.17, 15) is 14.8 Å². The Balaban J connectivity index is 2.68. The van der Waals surface area contributed by atoms with E-state index < -0.39 is 11.4 Å². The zero-order chi connectivity index (χ0) is 11.2. The van der Waals surface area contributed by atoms with Crippen molar-refractivity contribution in [3.8, 4) is 0 Å². The van der Waals surface area contributed by atoms with Crippen molar-refractivity contribution < 1.29 is 5.21 Å². The zero-order valence-corrected chi connectivity index (χ0v) is 8.67. The maximum absolute atomic E-state index is 11.5. The van der Waals surface area contributed by atoms with Gasteiger partial charge in [0.15, 0.2) is 0 Å². The average Bonchev–Trinajstić information content (AvgIpc) is 2.35. The Bertz CT molecular complexity index is 530. The standard InChI is InChI=1S/C9H13N3O3/c1-9(2)4-3-5-10-7(13)12(15)8(14)11(10)6-9/h3-4,15H,5-6H2,1-2H3. The van der Waals surface area contributed by atoms with Gasteiger partial charge in [-0.05, 0) is 0 Å². The average molecular weight is 211 g/mol. The predicted molar refractivity (Wildman–Crippen MR) is 53.1 cm³/mol. The third-order valence-corrected chi connectivity index (χ3v) is 2.50. The van der Waals surface area contributed by atoms with Crippen molar-refractivity contribution in [3.63, 3.8) is 0 Å². The predicted octanol–water partition coefficient (Wildman–Crippen LogP) is -0.355. The Morgan fingerprint density at radius 3 is 2.53 bits per heavy atom. The van der Waals surface area contributed by atoms with Gasteiger partial charge in [0, 0.05) is 5.41 Å². The molecule has 0 aliphatic carbocycles. The normalized spacial score (nSPS) is 18.5. The minimum Gasteiger partial charge on any atom is -0.420 e. The Kier molecular flexibility index (Phi) is 1.89. The molecule has 6 nitrogen and oxygen atoms in total. The van der Waals surface area contributed by atoms with Gasteiger partial charge in [0.25, 0.3) is 0 Å². The van der Waals surface area contributed by atoms with Crippen molar-refractivity contribution in [2.75, 3.05) is 0 Å². The van der Waals surface area contributed by atoms with E-state index in [0.717, 1.165) is 0 Å². The fraction of sp³-hybridized carbons (Fsp3) is 0.556. The topological polar surface area (TPSA) is 69.2 Å². The van der Waals surface area contributed by atoms with Crippen LogP contribution in [0.4, 0.5) is 0 Å². The largest absolute Gasteiger partial charge is 0.420 e. The van der Waals surface area contributed by atoms with Crippen LogP contribution in [0.2, 0.25) is 0 Å². The van der Waals surface area contributed by atoms with E-state index in [0.29, 0.717) is 13.1 Å². The Morgan fingerprint density at radius 2 is 1.87 bits per heavy atom. The fourth-order valence-corrected chi connectivity index (χ4v) is 1.75. The third kappa shape index (κ3) is 1.42. The molecule has 1 aliphatic rings. The molecule has 1 aromatic rings. The molecule has 1 N–H and O–H groups in total. The molecule has 0 fully saturated rings. The van der Waals surface area contributed by atoms with E-state index in [1.54, 1.807) is 0 Å². The third-order valence-electron chi connectivity index (χ3n) is 2.50. The molecule has 0 radical (unpaired) electrons. The number of aromatic nitrogens is 3. The molecule has 0 bridgehead atoms. The summed E-state index contributed by atoms with van der Waals surface area (Å²) in [5.41, 5.74) is -1.57. The van der Waals surface area contributed by atoms with Gasteiger partial charge in [0.1, 0.15) is 0 Å². The number of hydrogen-bond acceptors (Lipinski definition) is 3. The Morgan fingerprint density at radius 1 is 1.27 bits per heavy atom. The molecule has 0 amide bonds. The molecule has 2 heterocycles. The second-order valence-corrected chi connectivity index (χ2v) is 4.41. The summed E-state index contributed by atoms with van der Waals surface area (Å²) >= 11 is 0. The second kappa shape index (κ2) is 2.88. The number of hydrogen-bond donors (Lipinski definition) is 1. The fourth-order valence-electron chi connectivity index (χ4n) is 1.75. The molecule has 82 valence electrons. The van der Waals surface area contributed by atoms with Gasteiger partial charge in [0.2, 0.25) is 0 Å². The molecular weight excluding hydrogens is 198 g/mol. The van der Waals surface area contributed by atoms with Crippen molar-refractivity contribution in [1.82, 2.24) is 14.1 Å². The van der Waals surface area contributed by atoms with E-state index in [1.807, 2.05) is 26.0 Å². The first-order chi connectivity index (χ1) is 6.92. The van der Waals surface area contributed by atoms with Crippen molar-refractivity contribution in [2.24, 2.45) is 5.41 Å². The molecule has 0 aromatic carbocycles. The van der Waals surface area contributed by atoms with Crippen molar-refractivity contribution >= 4 is 0 Å². The van der Waals surface area contributed by atoms with E-state index in [1.165, 1.54) is 9.36 Å². The minimum absolute atomic E-state index is 0.148. The second-order valence-electron chi connectivity index (χ2n) is 4.41. The van der Waals surface area contributed by atoms with Crippen LogP contribution in [0.15, 0.2) is 21.7 Å².